The Hall–Kier alpha value is -4.69. The van der Waals surface area contributed by atoms with E-state index in [1.807, 2.05) is 99.6 Å². The largest absolute Gasteiger partial charge is 0.496 e. The number of methoxy groups -OCH3 is 2. The minimum Gasteiger partial charge on any atom is -0.496 e. The van der Waals surface area contributed by atoms with Crippen LogP contribution in [0.3, 0.4) is 0 Å². The fourth-order valence-electron chi connectivity index (χ4n) is 6.02. The van der Waals surface area contributed by atoms with Gasteiger partial charge in [0.25, 0.3) is 11.5 Å². The summed E-state index contributed by atoms with van der Waals surface area (Å²) < 4.78 is 13.8. The number of carbonyl (C=O) groups excluding carboxylic acids is 1. The Kier molecular flexibility index (Phi) is 7.62. The predicted octanol–water partition coefficient (Wildman–Crippen LogP) is 5.43. The van der Waals surface area contributed by atoms with Crippen molar-refractivity contribution < 1.29 is 14.3 Å². The number of rotatable bonds is 7. The van der Waals surface area contributed by atoms with Gasteiger partial charge in [-0.15, -0.1) is 0 Å². The first-order valence-electron chi connectivity index (χ1n) is 14.3. The van der Waals surface area contributed by atoms with Gasteiger partial charge in [0.15, 0.2) is 4.80 Å². The Bertz CT molecular complexity index is 2100. The Balaban J connectivity index is 1.69. The summed E-state index contributed by atoms with van der Waals surface area (Å²) in [6, 6.07) is 23.1. The zero-order valence-electron chi connectivity index (χ0n) is 24.9. The highest BCUT2D eigenvalue weighted by molar-refractivity contribution is 7.07. The number of likely N-dealkylation sites (N-methyl/N-ethyl adjacent to an activating group) is 1. The summed E-state index contributed by atoms with van der Waals surface area (Å²) in [4.78, 5) is 35.8. The SMILES string of the molecule is CCN(CC)C(=O)C1=C(C)N=c2s/c(=C/c3c(OC)ccc4ccccc34)c(=O)n2[C@@H]1c1c(OC)ccc2ccccc12. The maximum absolute atomic E-state index is 14.5. The Morgan fingerprint density at radius 3 is 2.16 bits per heavy atom. The summed E-state index contributed by atoms with van der Waals surface area (Å²) in [5, 5.41) is 3.93. The molecule has 0 radical (unpaired) electrons. The summed E-state index contributed by atoms with van der Waals surface area (Å²) in [7, 11) is 3.25. The fraction of sp³-hybridized carbons (Fsp3) is 0.229. The first kappa shape index (κ1) is 28.4. The van der Waals surface area contributed by atoms with Crippen LogP contribution in [-0.2, 0) is 4.79 Å². The number of amides is 1. The van der Waals surface area contributed by atoms with Crippen molar-refractivity contribution in [3.05, 3.63) is 115 Å². The highest BCUT2D eigenvalue weighted by atomic mass is 32.1. The third kappa shape index (κ3) is 4.72. The van der Waals surface area contributed by atoms with Crippen LogP contribution < -0.4 is 24.4 Å². The molecule has 43 heavy (non-hydrogen) atoms. The molecule has 0 saturated heterocycles. The predicted molar refractivity (Wildman–Crippen MR) is 173 cm³/mol. The van der Waals surface area contributed by atoms with Gasteiger partial charge in [-0.3, -0.25) is 14.2 Å². The molecule has 4 aromatic carbocycles. The van der Waals surface area contributed by atoms with E-state index in [0.717, 1.165) is 32.7 Å². The van der Waals surface area contributed by atoms with E-state index < -0.39 is 6.04 Å². The standard InChI is InChI=1S/C35H33N3O4S/c1-6-37(7-2)34(40)30-21(3)36-35-38(32(30)31-25-15-11-9-13-23(25)17-19-28(31)42-5)33(39)29(43-35)20-26-24-14-10-8-12-22(24)16-18-27(26)41-4/h8-20,32H,6-7H2,1-5H3/b29-20+/t32-/m0/s1. The lowest BCUT2D eigenvalue weighted by atomic mass is 9.90. The van der Waals surface area contributed by atoms with Crippen molar-refractivity contribution in [3.8, 4) is 11.5 Å². The lowest BCUT2D eigenvalue weighted by Crippen LogP contribution is -2.43. The molecule has 0 saturated carbocycles. The van der Waals surface area contributed by atoms with Crippen LogP contribution in [0.4, 0.5) is 0 Å². The van der Waals surface area contributed by atoms with Crippen LogP contribution in [0.15, 0.2) is 93.9 Å². The van der Waals surface area contributed by atoms with Crippen molar-refractivity contribution in [2.24, 2.45) is 4.99 Å². The molecule has 0 fully saturated rings. The topological polar surface area (TPSA) is 73.1 Å². The van der Waals surface area contributed by atoms with Gasteiger partial charge in [0, 0.05) is 24.2 Å². The van der Waals surface area contributed by atoms with Crippen molar-refractivity contribution in [2.45, 2.75) is 26.8 Å². The summed E-state index contributed by atoms with van der Waals surface area (Å²) in [5.41, 5.74) is 2.42. The van der Waals surface area contributed by atoms with E-state index in [9.17, 15) is 9.59 Å². The van der Waals surface area contributed by atoms with Gasteiger partial charge in [-0.1, -0.05) is 72.0 Å². The van der Waals surface area contributed by atoms with Crippen LogP contribution in [0.2, 0.25) is 0 Å². The number of fused-ring (bicyclic) bond motifs is 3. The summed E-state index contributed by atoms with van der Waals surface area (Å²) in [6.45, 7) is 6.84. The van der Waals surface area contributed by atoms with Gasteiger partial charge in [-0.25, -0.2) is 4.99 Å². The molecule has 0 aliphatic carbocycles. The van der Waals surface area contributed by atoms with Crippen molar-refractivity contribution >= 4 is 44.9 Å². The third-order valence-corrected chi connectivity index (χ3v) is 9.14. The molecular formula is C35H33N3O4S. The normalized spacial score (nSPS) is 15.0. The monoisotopic (exact) mass is 591 g/mol. The average Bonchev–Trinajstić information content (AvgIpc) is 3.34. The van der Waals surface area contributed by atoms with Crippen LogP contribution in [0.25, 0.3) is 27.6 Å². The molecular weight excluding hydrogens is 558 g/mol. The van der Waals surface area contributed by atoms with E-state index in [-0.39, 0.29) is 11.5 Å². The van der Waals surface area contributed by atoms with Crippen LogP contribution in [0.5, 0.6) is 11.5 Å². The van der Waals surface area contributed by atoms with Gasteiger partial charge in [0.2, 0.25) is 0 Å². The van der Waals surface area contributed by atoms with Gasteiger partial charge >= 0.3 is 0 Å². The molecule has 1 amide bonds. The number of hydrogen-bond donors (Lipinski definition) is 0. The van der Waals surface area contributed by atoms with Crippen LogP contribution in [0.1, 0.15) is 37.9 Å². The molecule has 1 atom stereocenters. The lowest BCUT2D eigenvalue weighted by molar-refractivity contribution is -0.127. The highest BCUT2D eigenvalue weighted by Gasteiger charge is 2.36. The van der Waals surface area contributed by atoms with Crippen molar-refractivity contribution in [1.29, 1.82) is 0 Å². The zero-order chi connectivity index (χ0) is 30.2. The maximum atomic E-state index is 14.5. The van der Waals surface area contributed by atoms with Crippen LogP contribution in [-0.4, -0.2) is 42.7 Å². The van der Waals surface area contributed by atoms with Crippen LogP contribution >= 0.6 is 11.3 Å². The molecule has 7 nitrogen and oxygen atoms in total. The molecule has 6 rings (SSSR count). The summed E-state index contributed by atoms with van der Waals surface area (Å²) in [6.07, 6.45) is 1.88. The molecule has 0 unspecified atom stereocenters. The number of carbonyl (C=O) groups is 1. The van der Waals surface area contributed by atoms with E-state index in [4.69, 9.17) is 14.5 Å². The molecule has 1 aliphatic rings. The van der Waals surface area contributed by atoms with Gasteiger partial charge in [-0.05, 0) is 60.5 Å². The number of benzene rings is 4. The fourth-order valence-corrected chi connectivity index (χ4v) is 7.05. The van der Waals surface area contributed by atoms with E-state index in [0.29, 0.717) is 45.2 Å². The molecule has 8 heteroatoms. The quantitative estimate of drug-likeness (QED) is 0.253. The third-order valence-electron chi connectivity index (χ3n) is 8.15. The minimum absolute atomic E-state index is 0.142. The first-order valence-corrected chi connectivity index (χ1v) is 15.2. The van der Waals surface area contributed by atoms with Crippen molar-refractivity contribution in [3.63, 3.8) is 0 Å². The van der Waals surface area contributed by atoms with Crippen LogP contribution in [0, 0.1) is 0 Å². The van der Waals surface area contributed by atoms with E-state index in [1.165, 1.54) is 11.3 Å². The number of aromatic nitrogens is 1. The Morgan fingerprint density at radius 2 is 1.51 bits per heavy atom. The van der Waals surface area contributed by atoms with Gasteiger partial charge in [0.05, 0.1) is 30.0 Å². The van der Waals surface area contributed by atoms with Gasteiger partial charge in [0.1, 0.15) is 17.5 Å². The molecule has 1 aliphatic heterocycles. The molecule has 0 N–H and O–H groups in total. The lowest BCUT2D eigenvalue weighted by Gasteiger charge is -2.30. The van der Waals surface area contributed by atoms with Crippen molar-refractivity contribution in [1.82, 2.24) is 9.47 Å². The minimum atomic E-state index is -0.734. The Morgan fingerprint density at radius 1 is 0.907 bits per heavy atom. The smallest absolute Gasteiger partial charge is 0.271 e. The molecule has 1 aromatic heterocycles. The van der Waals surface area contributed by atoms with E-state index >= 15 is 0 Å². The highest BCUT2D eigenvalue weighted by Crippen LogP contribution is 2.40. The summed E-state index contributed by atoms with van der Waals surface area (Å²) in [5.74, 6) is 1.13. The number of ether oxygens (including phenoxy) is 2. The molecule has 2 heterocycles. The number of allylic oxidation sites excluding steroid dienone is 1. The second kappa shape index (κ2) is 11.5. The van der Waals surface area contributed by atoms with Gasteiger partial charge in [-0.2, -0.15) is 0 Å². The average molecular weight is 592 g/mol. The molecule has 218 valence electrons. The van der Waals surface area contributed by atoms with Gasteiger partial charge < -0.3 is 14.4 Å². The maximum Gasteiger partial charge on any atom is 0.271 e. The molecule has 0 bridgehead atoms. The molecule has 0 spiro atoms. The van der Waals surface area contributed by atoms with Crippen molar-refractivity contribution in [2.75, 3.05) is 27.3 Å². The first-order chi connectivity index (χ1) is 20.9. The zero-order valence-corrected chi connectivity index (χ0v) is 25.7. The second-order valence-electron chi connectivity index (χ2n) is 10.4. The second-order valence-corrected chi connectivity index (χ2v) is 11.4. The number of hydrogen-bond acceptors (Lipinski definition) is 6. The number of thiazole rings is 1. The number of nitrogens with zero attached hydrogens (tertiary/aromatic N) is 3. The summed E-state index contributed by atoms with van der Waals surface area (Å²) >= 11 is 1.31. The Labute approximate surface area is 253 Å². The molecule has 5 aromatic rings. The van der Waals surface area contributed by atoms with E-state index in [1.54, 1.807) is 23.7 Å². The van der Waals surface area contributed by atoms with E-state index in [2.05, 4.69) is 0 Å².